The van der Waals surface area contributed by atoms with E-state index in [0.717, 1.165) is 25.0 Å². The van der Waals surface area contributed by atoms with Crippen LogP contribution in [0.2, 0.25) is 0 Å². The predicted molar refractivity (Wildman–Crippen MR) is 91.9 cm³/mol. The van der Waals surface area contributed by atoms with Crippen LogP contribution in [0.4, 0.5) is 0 Å². The highest BCUT2D eigenvalue weighted by Gasteiger charge is 2.49. The fraction of sp³-hybridized carbons (Fsp3) is 0.389. The van der Waals surface area contributed by atoms with Crippen molar-refractivity contribution in [1.82, 2.24) is 14.6 Å². The number of carbonyl (C=O) groups is 1. The number of fused-ring (bicyclic) bond motifs is 3. The van der Waals surface area contributed by atoms with Gasteiger partial charge in [-0.25, -0.2) is 0 Å². The minimum atomic E-state index is -0.553. The van der Waals surface area contributed by atoms with Gasteiger partial charge in [0.2, 0.25) is 5.43 Å². The van der Waals surface area contributed by atoms with E-state index in [4.69, 9.17) is 0 Å². The van der Waals surface area contributed by atoms with Crippen molar-refractivity contribution in [3.63, 3.8) is 0 Å². The molecule has 130 valence electrons. The van der Waals surface area contributed by atoms with E-state index >= 15 is 0 Å². The number of hydrogen-bond acceptors (Lipinski definition) is 5. The molecular formula is C18H20N4O3. The highest BCUT2D eigenvalue weighted by Crippen LogP contribution is 2.41. The molecular weight excluding hydrogens is 320 g/mol. The molecule has 0 radical (unpaired) electrons. The Bertz CT molecular complexity index is 895. The third kappa shape index (κ3) is 2.08. The highest BCUT2D eigenvalue weighted by atomic mass is 16.3. The Balaban J connectivity index is 1.98. The molecule has 0 aliphatic carbocycles. The van der Waals surface area contributed by atoms with Crippen molar-refractivity contribution >= 4 is 5.91 Å². The normalized spacial score (nSPS) is 25.5. The maximum Gasteiger partial charge on any atom is 0.277 e. The second-order valence-electron chi connectivity index (χ2n) is 6.84. The fourth-order valence-electron chi connectivity index (χ4n) is 4.06. The zero-order valence-corrected chi connectivity index (χ0v) is 14.2. The molecule has 0 saturated carbocycles. The average molecular weight is 340 g/mol. The molecule has 2 unspecified atom stereocenters. The lowest BCUT2D eigenvalue weighted by molar-refractivity contribution is 0.0466. The van der Waals surface area contributed by atoms with Crippen LogP contribution in [0.5, 0.6) is 5.75 Å². The van der Waals surface area contributed by atoms with Gasteiger partial charge in [-0.1, -0.05) is 6.07 Å². The lowest BCUT2D eigenvalue weighted by atomic mass is 9.84. The number of piperidine rings is 1. The van der Waals surface area contributed by atoms with Crippen LogP contribution in [0.3, 0.4) is 0 Å². The Morgan fingerprint density at radius 1 is 1.28 bits per heavy atom. The first-order valence-corrected chi connectivity index (χ1v) is 8.38. The topological polar surface area (TPSA) is 78.7 Å². The van der Waals surface area contributed by atoms with Gasteiger partial charge in [0.15, 0.2) is 11.4 Å². The van der Waals surface area contributed by atoms with E-state index in [2.05, 4.69) is 16.9 Å². The summed E-state index contributed by atoms with van der Waals surface area (Å²) in [5.41, 5.74) is -0.111. The molecule has 7 nitrogen and oxygen atoms in total. The van der Waals surface area contributed by atoms with Gasteiger partial charge in [-0.15, -0.1) is 0 Å². The molecule has 2 aromatic heterocycles. The third-order valence-corrected chi connectivity index (χ3v) is 5.39. The third-order valence-electron chi connectivity index (χ3n) is 5.39. The quantitative estimate of drug-likeness (QED) is 0.849. The summed E-state index contributed by atoms with van der Waals surface area (Å²) in [7, 11) is 1.71. The lowest BCUT2D eigenvalue weighted by Gasteiger charge is -2.56. The molecule has 1 amide bonds. The largest absolute Gasteiger partial charge is 0.502 e. The number of hydrogen-bond donors (Lipinski definition) is 1. The van der Waals surface area contributed by atoms with Gasteiger partial charge in [-0.2, -0.15) is 0 Å². The Kier molecular flexibility index (Phi) is 3.35. The molecule has 1 saturated heterocycles. The molecule has 2 atom stereocenters. The summed E-state index contributed by atoms with van der Waals surface area (Å²) < 4.78 is 1.64. The van der Waals surface area contributed by atoms with Crippen molar-refractivity contribution < 1.29 is 9.90 Å². The van der Waals surface area contributed by atoms with Gasteiger partial charge in [0.05, 0.1) is 11.2 Å². The Morgan fingerprint density at radius 2 is 2.08 bits per heavy atom. The van der Waals surface area contributed by atoms with Crippen LogP contribution in [0.1, 0.15) is 42.4 Å². The van der Waals surface area contributed by atoms with Crippen LogP contribution in [-0.2, 0) is 5.54 Å². The van der Waals surface area contributed by atoms with E-state index in [-0.39, 0.29) is 17.8 Å². The molecule has 2 aliphatic rings. The first-order chi connectivity index (χ1) is 11.9. The van der Waals surface area contributed by atoms with Crippen molar-refractivity contribution in [3.05, 3.63) is 58.3 Å². The Hall–Kier alpha value is -2.83. The van der Waals surface area contributed by atoms with Gasteiger partial charge < -0.3 is 10.0 Å². The molecule has 2 aliphatic heterocycles. The molecule has 0 bridgehead atoms. The molecule has 2 aromatic rings. The van der Waals surface area contributed by atoms with E-state index in [1.807, 2.05) is 18.2 Å². The molecule has 1 N–H and O–H groups in total. The summed E-state index contributed by atoms with van der Waals surface area (Å²) in [5, 5.41) is 12.3. The maximum absolute atomic E-state index is 12.8. The average Bonchev–Trinajstić information content (AvgIpc) is 2.63. The van der Waals surface area contributed by atoms with Crippen LogP contribution in [-0.4, -0.2) is 38.8 Å². The zero-order chi connectivity index (χ0) is 17.8. The second-order valence-corrected chi connectivity index (χ2v) is 6.84. The van der Waals surface area contributed by atoms with Crippen molar-refractivity contribution in [3.8, 4) is 5.75 Å². The molecule has 0 spiro atoms. The van der Waals surface area contributed by atoms with Crippen molar-refractivity contribution in [2.75, 3.05) is 12.1 Å². The standard InChI is InChI=1S/C18H20N4O3/c1-18(13-6-3-4-10-19-13)9-5-7-14-20(2)17(25)15-16(24)12(23)8-11-21(15)22(14)18/h3-4,6,8,10-11,14,24H,5,7,9H2,1-2H3. The monoisotopic (exact) mass is 340 g/mol. The minimum absolute atomic E-state index is 0.00954. The Labute approximate surface area is 145 Å². The van der Waals surface area contributed by atoms with Gasteiger partial charge in [-0.3, -0.25) is 24.3 Å². The lowest BCUT2D eigenvalue weighted by Crippen LogP contribution is -2.68. The number of aromatic nitrogens is 2. The minimum Gasteiger partial charge on any atom is -0.502 e. The number of carbonyl (C=O) groups excluding carboxylic acids is 1. The van der Waals surface area contributed by atoms with E-state index in [9.17, 15) is 14.7 Å². The van der Waals surface area contributed by atoms with Crippen LogP contribution >= 0.6 is 0 Å². The zero-order valence-electron chi connectivity index (χ0n) is 14.2. The summed E-state index contributed by atoms with van der Waals surface area (Å²) in [6.07, 6.45) is 5.79. The van der Waals surface area contributed by atoms with E-state index in [0.29, 0.717) is 0 Å². The maximum atomic E-state index is 12.8. The molecule has 0 aromatic carbocycles. The van der Waals surface area contributed by atoms with Crippen LogP contribution in [0.15, 0.2) is 41.5 Å². The van der Waals surface area contributed by atoms with Crippen molar-refractivity contribution in [2.45, 2.75) is 37.9 Å². The number of pyridine rings is 2. The molecule has 4 heterocycles. The summed E-state index contributed by atoms with van der Waals surface area (Å²) in [4.78, 5) is 30.8. The number of rotatable bonds is 1. The number of aromatic hydroxyl groups is 1. The first-order valence-electron chi connectivity index (χ1n) is 8.38. The van der Waals surface area contributed by atoms with Gasteiger partial charge >= 0.3 is 0 Å². The molecule has 1 fully saturated rings. The molecule has 25 heavy (non-hydrogen) atoms. The van der Waals surface area contributed by atoms with Crippen LogP contribution < -0.4 is 10.4 Å². The summed E-state index contributed by atoms with van der Waals surface area (Å²) in [5.74, 6) is -0.853. The molecule has 7 heteroatoms. The molecule has 4 rings (SSSR count). The summed E-state index contributed by atoms with van der Waals surface area (Å²) >= 11 is 0. The van der Waals surface area contributed by atoms with Gasteiger partial charge in [0.1, 0.15) is 6.17 Å². The Morgan fingerprint density at radius 3 is 2.80 bits per heavy atom. The van der Waals surface area contributed by atoms with Crippen molar-refractivity contribution in [1.29, 1.82) is 0 Å². The summed E-state index contributed by atoms with van der Waals surface area (Å²) in [6, 6.07) is 7.08. The van der Waals surface area contributed by atoms with Crippen molar-refractivity contribution in [2.24, 2.45) is 0 Å². The fourth-order valence-corrected chi connectivity index (χ4v) is 4.06. The van der Waals surface area contributed by atoms with E-state index < -0.39 is 16.7 Å². The number of nitrogens with zero attached hydrogens (tertiary/aromatic N) is 4. The van der Waals surface area contributed by atoms with Gasteiger partial charge in [0.25, 0.3) is 5.91 Å². The smallest absolute Gasteiger partial charge is 0.277 e. The first kappa shape index (κ1) is 15.7. The summed E-state index contributed by atoms with van der Waals surface area (Å²) in [6.45, 7) is 2.09. The second kappa shape index (κ2) is 5.34. The number of amides is 1. The van der Waals surface area contributed by atoms with Gasteiger partial charge in [0, 0.05) is 25.5 Å². The highest BCUT2D eigenvalue weighted by molar-refractivity contribution is 5.96. The van der Waals surface area contributed by atoms with Crippen LogP contribution in [0, 0.1) is 0 Å². The van der Waals surface area contributed by atoms with Crippen LogP contribution in [0.25, 0.3) is 0 Å². The van der Waals surface area contributed by atoms with E-state index in [1.165, 1.54) is 6.07 Å². The SMILES string of the molecule is CN1C(=O)c2c(O)c(=O)ccn2N2C1CCCC2(C)c1ccccn1. The van der Waals surface area contributed by atoms with Gasteiger partial charge in [-0.05, 0) is 38.3 Å². The van der Waals surface area contributed by atoms with E-state index in [1.54, 1.807) is 29.0 Å². The predicted octanol–water partition coefficient (Wildman–Crippen LogP) is 1.40.